The molecule has 0 fully saturated rings. The number of aromatic nitrogens is 2. The average molecular weight is 239 g/mol. The summed E-state index contributed by atoms with van der Waals surface area (Å²) in [5.74, 6) is 0.384. The molecule has 2 heterocycles. The van der Waals surface area contributed by atoms with Crippen molar-refractivity contribution >= 4 is 23.2 Å². The van der Waals surface area contributed by atoms with Gasteiger partial charge in [-0.25, -0.2) is 0 Å². The fourth-order valence-corrected chi connectivity index (χ4v) is 1.71. The molecule has 0 spiro atoms. The van der Waals surface area contributed by atoms with Gasteiger partial charge in [0.2, 0.25) is 0 Å². The quantitative estimate of drug-likeness (QED) is 0.749. The van der Waals surface area contributed by atoms with Crippen molar-refractivity contribution in [3.63, 3.8) is 0 Å². The second-order valence-corrected chi connectivity index (χ2v) is 3.71. The third-order valence-corrected chi connectivity index (χ3v) is 2.66. The van der Waals surface area contributed by atoms with Crippen molar-refractivity contribution in [2.75, 3.05) is 0 Å². The summed E-state index contributed by atoms with van der Waals surface area (Å²) in [6, 6.07) is 5.69. The largest absolute Gasteiger partial charge is 0.264 e. The molecule has 0 N–H and O–H groups in total. The number of hydrogen-bond acceptors (Lipinski definition) is 2. The number of nitrogens with zero attached hydrogens (tertiary/aromatic N) is 2. The first kappa shape index (κ1) is 10.4. The number of pyridine rings is 2. The molecule has 2 aromatic heterocycles. The van der Waals surface area contributed by atoms with Gasteiger partial charge in [-0.1, -0.05) is 11.6 Å². The lowest BCUT2D eigenvalue weighted by atomic mass is 10.1. The van der Waals surface area contributed by atoms with E-state index >= 15 is 0 Å². The van der Waals surface area contributed by atoms with E-state index in [1.807, 2.05) is 18.2 Å². The van der Waals surface area contributed by atoms with Crippen LogP contribution in [0, 0.1) is 0 Å². The van der Waals surface area contributed by atoms with Gasteiger partial charge in [0.25, 0.3) is 0 Å². The van der Waals surface area contributed by atoms with Gasteiger partial charge in [0.15, 0.2) is 0 Å². The van der Waals surface area contributed by atoms with Crippen molar-refractivity contribution < 1.29 is 0 Å². The van der Waals surface area contributed by atoms with E-state index < -0.39 is 0 Å². The predicted molar refractivity (Wildman–Crippen MR) is 62.0 cm³/mol. The molecule has 15 heavy (non-hydrogen) atoms. The first-order valence-corrected chi connectivity index (χ1v) is 5.33. The third kappa shape index (κ3) is 2.28. The van der Waals surface area contributed by atoms with Crippen LogP contribution in [0.3, 0.4) is 0 Å². The Hall–Kier alpha value is -1.12. The topological polar surface area (TPSA) is 25.8 Å². The van der Waals surface area contributed by atoms with Crippen LogP contribution >= 0.6 is 23.2 Å². The Morgan fingerprint density at radius 1 is 1.27 bits per heavy atom. The van der Waals surface area contributed by atoms with Gasteiger partial charge in [-0.05, 0) is 23.8 Å². The lowest BCUT2D eigenvalue weighted by Gasteiger charge is -2.03. The van der Waals surface area contributed by atoms with Gasteiger partial charge in [-0.3, -0.25) is 9.97 Å². The number of rotatable bonds is 2. The smallest absolute Gasteiger partial charge is 0.0721 e. The zero-order valence-electron chi connectivity index (χ0n) is 7.82. The molecule has 0 bridgehead atoms. The van der Waals surface area contributed by atoms with E-state index in [4.69, 9.17) is 23.2 Å². The number of hydrogen-bond donors (Lipinski definition) is 0. The standard InChI is InChI=1S/C11H8Cl2N2/c12-5-9-4-11(15-7-10(9)13)8-2-1-3-14-6-8/h1-4,6-7H,5H2. The zero-order valence-corrected chi connectivity index (χ0v) is 9.33. The predicted octanol–water partition coefficient (Wildman–Crippen LogP) is 3.54. The van der Waals surface area contributed by atoms with E-state index in [2.05, 4.69) is 9.97 Å². The third-order valence-electron chi connectivity index (χ3n) is 2.04. The summed E-state index contributed by atoms with van der Waals surface area (Å²) in [5.41, 5.74) is 2.68. The second-order valence-electron chi connectivity index (χ2n) is 3.04. The molecular formula is C11H8Cl2N2. The van der Waals surface area contributed by atoms with E-state index in [9.17, 15) is 0 Å². The first-order chi connectivity index (χ1) is 7.31. The van der Waals surface area contributed by atoms with Crippen LogP contribution in [-0.4, -0.2) is 9.97 Å². The molecule has 2 rings (SSSR count). The molecule has 0 radical (unpaired) electrons. The van der Waals surface area contributed by atoms with E-state index in [0.717, 1.165) is 16.8 Å². The van der Waals surface area contributed by atoms with E-state index in [1.54, 1.807) is 18.6 Å². The summed E-state index contributed by atoms with van der Waals surface area (Å²) >= 11 is 11.7. The molecule has 76 valence electrons. The van der Waals surface area contributed by atoms with E-state index in [0.29, 0.717) is 10.9 Å². The fraction of sp³-hybridized carbons (Fsp3) is 0.0909. The molecule has 2 aromatic rings. The highest BCUT2D eigenvalue weighted by atomic mass is 35.5. The minimum atomic E-state index is 0.384. The highest BCUT2D eigenvalue weighted by molar-refractivity contribution is 6.32. The highest BCUT2D eigenvalue weighted by Gasteiger charge is 2.04. The van der Waals surface area contributed by atoms with E-state index in [1.165, 1.54) is 0 Å². The van der Waals surface area contributed by atoms with Gasteiger partial charge in [-0.2, -0.15) is 0 Å². The SMILES string of the molecule is ClCc1cc(-c2cccnc2)ncc1Cl. The second kappa shape index (κ2) is 4.60. The number of alkyl halides is 1. The van der Waals surface area contributed by atoms with Crippen molar-refractivity contribution in [3.8, 4) is 11.3 Å². The summed E-state index contributed by atoms with van der Waals surface area (Å²) in [7, 11) is 0. The summed E-state index contributed by atoms with van der Waals surface area (Å²) in [4.78, 5) is 8.26. The van der Waals surface area contributed by atoms with Crippen LogP contribution in [0.4, 0.5) is 0 Å². The van der Waals surface area contributed by atoms with E-state index in [-0.39, 0.29) is 0 Å². The molecule has 0 amide bonds. The maximum absolute atomic E-state index is 5.92. The lowest BCUT2D eigenvalue weighted by Crippen LogP contribution is -1.88. The van der Waals surface area contributed by atoms with Crippen LogP contribution in [0.1, 0.15) is 5.56 Å². The maximum Gasteiger partial charge on any atom is 0.0721 e. The van der Waals surface area contributed by atoms with Crippen LogP contribution in [0.5, 0.6) is 0 Å². The molecule has 0 aliphatic carbocycles. The Morgan fingerprint density at radius 2 is 2.13 bits per heavy atom. The van der Waals surface area contributed by atoms with Gasteiger partial charge in [0, 0.05) is 30.0 Å². The van der Waals surface area contributed by atoms with Gasteiger partial charge in [-0.15, -0.1) is 11.6 Å². The minimum Gasteiger partial charge on any atom is -0.264 e. The molecule has 0 saturated carbocycles. The van der Waals surface area contributed by atoms with Crippen molar-refractivity contribution in [2.24, 2.45) is 0 Å². The van der Waals surface area contributed by atoms with Crippen LogP contribution in [0.25, 0.3) is 11.3 Å². The minimum absolute atomic E-state index is 0.384. The maximum atomic E-state index is 5.92. The molecule has 0 unspecified atom stereocenters. The molecular weight excluding hydrogens is 231 g/mol. The van der Waals surface area contributed by atoms with Crippen molar-refractivity contribution in [1.29, 1.82) is 0 Å². The molecule has 4 heteroatoms. The first-order valence-electron chi connectivity index (χ1n) is 4.42. The summed E-state index contributed by atoms with van der Waals surface area (Å²) in [6.07, 6.45) is 5.09. The van der Waals surface area contributed by atoms with Crippen molar-refractivity contribution in [3.05, 3.63) is 47.4 Å². The van der Waals surface area contributed by atoms with Gasteiger partial charge < -0.3 is 0 Å². The Bertz CT molecular complexity index is 457. The van der Waals surface area contributed by atoms with Crippen molar-refractivity contribution in [2.45, 2.75) is 5.88 Å². The Labute approximate surface area is 97.9 Å². The van der Waals surface area contributed by atoms with Gasteiger partial charge in [0.1, 0.15) is 0 Å². The highest BCUT2D eigenvalue weighted by Crippen LogP contribution is 2.23. The van der Waals surface area contributed by atoms with Crippen LogP contribution in [0.15, 0.2) is 36.8 Å². The molecule has 0 atom stereocenters. The summed E-state index contributed by atoms with van der Waals surface area (Å²) in [6.45, 7) is 0. The Balaban J connectivity index is 2.46. The molecule has 0 saturated heterocycles. The lowest BCUT2D eigenvalue weighted by molar-refractivity contribution is 1.25. The normalized spacial score (nSPS) is 10.3. The molecule has 0 aliphatic rings. The van der Waals surface area contributed by atoms with Crippen molar-refractivity contribution in [1.82, 2.24) is 9.97 Å². The summed E-state index contributed by atoms with van der Waals surface area (Å²) in [5, 5.41) is 0.595. The Morgan fingerprint density at radius 3 is 2.80 bits per heavy atom. The summed E-state index contributed by atoms with van der Waals surface area (Å²) < 4.78 is 0. The molecule has 0 aliphatic heterocycles. The van der Waals surface area contributed by atoms with Crippen LogP contribution in [0.2, 0.25) is 5.02 Å². The molecule has 2 nitrogen and oxygen atoms in total. The van der Waals surface area contributed by atoms with Gasteiger partial charge in [0.05, 0.1) is 10.7 Å². The average Bonchev–Trinajstić information content (AvgIpc) is 2.31. The van der Waals surface area contributed by atoms with Gasteiger partial charge >= 0.3 is 0 Å². The fourth-order valence-electron chi connectivity index (χ4n) is 1.25. The zero-order chi connectivity index (χ0) is 10.7. The molecule has 0 aromatic carbocycles. The van der Waals surface area contributed by atoms with Crippen LogP contribution < -0.4 is 0 Å². The number of halogens is 2. The monoisotopic (exact) mass is 238 g/mol. The van der Waals surface area contributed by atoms with Crippen LogP contribution in [-0.2, 0) is 5.88 Å². The Kier molecular flexibility index (Phi) is 3.19.